The van der Waals surface area contributed by atoms with E-state index in [0.29, 0.717) is 19.6 Å². The summed E-state index contributed by atoms with van der Waals surface area (Å²) in [6.45, 7) is 5.63. The zero-order chi connectivity index (χ0) is 13.9. The second-order valence-corrected chi connectivity index (χ2v) is 4.36. The van der Waals surface area contributed by atoms with Gasteiger partial charge in [0.25, 0.3) is 0 Å². The summed E-state index contributed by atoms with van der Waals surface area (Å²) in [5.41, 5.74) is 1.07. The molecule has 0 aliphatic heterocycles. The van der Waals surface area contributed by atoms with E-state index in [1.807, 2.05) is 44.2 Å². The van der Waals surface area contributed by atoms with Gasteiger partial charge < -0.3 is 14.8 Å². The fourth-order valence-electron chi connectivity index (χ4n) is 1.62. The van der Waals surface area contributed by atoms with Gasteiger partial charge in [-0.3, -0.25) is 4.79 Å². The van der Waals surface area contributed by atoms with E-state index in [0.717, 1.165) is 18.7 Å². The predicted molar refractivity (Wildman–Crippen MR) is 76.2 cm³/mol. The first-order valence-corrected chi connectivity index (χ1v) is 6.78. The monoisotopic (exact) mass is 265 g/mol. The Balaban J connectivity index is 2.07. The molecule has 0 fully saturated rings. The highest BCUT2D eigenvalue weighted by molar-refractivity contribution is 5.69. The minimum Gasteiger partial charge on any atom is -0.460 e. The SMILES string of the molecule is CCOCC(C)OC(=O)CCCNc1ccccc1. The third kappa shape index (κ3) is 7.47. The summed E-state index contributed by atoms with van der Waals surface area (Å²) in [7, 11) is 0. The summed E-state index contributed by atoms with van der Waals surface area (Å²) in [5, 5.41) is 3.26. The minimum absolute atomic E-state index is 0.165. The second kappa shape index (κ2) is 9.39. The molecule has 1 rings (SSSR count). The van der Waals surface area contributed by atoms with Gasteiger partial charge >= 0.3 is 5.97 Å². The average molecular weight is 265 g/mol. The van der Waals surface area contributed by atoms with Gasteiger partial charge in [-0.25, -0.2) is 0 Å². The van der Waals surface area contributed by atoms with Crippen molar-refractivity contribution in [3.8, 4) is 0 Å². The van der Waals surface area contributed by atoms with Crippen LogP contribution in [-0.4, -0.2) is 31.8 Å². The fourth-order valence-corrected chi connectivity index (χ4v) is 1.62. The minimum atomic E-state index is -0.172. The maximum absolute atomic E-state index is 11.5. The van der Waals surface area contributed by atoms with Gasteiger partial charge in [-0.1, -0.05) is 18.2 Å². The number of ether oxygens (including phenoxy) is 2. The van der Waals surface area contributed by atoms with E-state index in [2.05, 4.69) is 5.32 Å². The van der Waals surface area contributed by atoms with Crippen molar-refractivity contribution in [3.63, 3.8) is 0 Å². The third-order valence-corrected chi connectivity index (χ3v) is 2.55. The molecule has 0 bridgehead atoms. The first-order valence-electron chi connectivity index (χ1n) is 6.78. The molecule has 1 aromatic carbocycles. The van der Waals surface area contributed by atoms with Crippen LogP contribution in [0.2, 0.25) is 0 Å². The Labute approximate surface area is 115 Å². The third-order valence-electron chi connectivity index (χ3n) is 2.55. The van der Waals surface area contributed by atoms with Crippen LogP contribution in [0, 0.1) is 0 Å². The largest absolute Gasteiger partial charge is 0.460 e. The smallest absolute Gasteiger partial charge is 0.306 e. The molecule has 0 saturated heterocycles. The lowest BCUT2D eigenvalue weighted by atomic mass is 10.3. The molecular formula is C15H23NO3. The lowest BCUT2D eigenvalue weighted by Gasteiger charge is -2.13. The van der Waals surface area contributed by atoms with E-state index < -0.39 is 0 Å². The molecule has 1 aromatic rings. The molecule has 0 heterocycles. The van der Waals surface area contributed by atoms with Crippen LogP contribution >= 0.6 is 0 Å². The molecule has 4 heteroatoms. The molecule has 19 heavy (non-hydrogen) atoms. The van der Waals surface area contributed by atoms with Crippen LogP contribution < -0.4 is 5.32 Å². The molecule has 106 valence electrons. The molecule has 1 unspecified atom stereocenters. The van der Waals surface area contributed by atoms with Crippen LogP contribution in [-0.2, 0) is 14.3 Å². The van der Waals surface area contributed by atoms with Crippen molar-refractivity contribution in [1.82, 2.24) is 0 Å². The van der Waals surface area contributed by atoms with E-state index in [4.69, 9.17) is 9.47 Å². The Morgan fingerprint density at radius 2 is 2.05 bits per heavy atom. The van der Waals surface area contributed by atoms with Crippen molar-refractivity contribution < 1.29 is 14.3 Å². The number of carbonyl (C=O) groups excluding carboxylic acids is 1. The van der Waals surface area contributed by atoms with E-state index in [1.165, 1.54) is 0 Å². The molecule has 0 aliphatic rings. The van der Waals surface area contributed by atoms with Gasteiger partial charge in [0.05, 0.1) is 6.61 Å². The van der Waals surface area contributed by atoms with Gasteiger partial charge in [-0.05, 0) is 32.4 Å². The highest BCUT2D eigenvalue weighted by Crippen LogP contribution is 2.05. The maximum Gasteiger partial charge on any atom is 0.306 e. The van der Waals surface area contributed by atoms with Crippen LogP contribution in [0.25, 0.3) is 0 Å². The van der Waals surface area contributed by atoms with Crippen LogP contribution in [0.1, 0.15) is 26.7 Å². The average Bonchev–Trinajstić information content (AvgIpc) is 2.42. The zero-order valence-electron chi connectivity index (χ0n) is 11.7. The molecule has 0 amide bonds. The molecule has 0 radical (unpaired) electrons. The summed E-state index contributed by atoms with van der Waals surface area (Å²) >= 11 is 0. The standard InChI is InChI=1S/C15H23NO3/c1-3-18-12-13(2)19-15(17)10-7-11-16-14-8-5-4-6-9-14/h4-6,8-9,13,16H,3,7,10-12H2,1-2H3. The topological polar surface area (TPSA) is 47.6 Å². The molecular weight excluding hydrogens is 242 g/mol. The first-order chi connectivity index (χ1) is 9.22. The van der Waals surface area contributed by atoms with E-state index in [1.54, 1.807) is 0 Å². The number of benzene rings is 1. The summed E-state index contributed by atoms with van der Waals surface area (Å²) in [4.78, 5) is 11.5. The predicted octanol–water partition coefficient (Wildman–Crippen LogP) is 2.85. The van der Waals surface area contributed by atoms with E-state index in [9.17, 15) is 4.79 Å². The number of nitrogens with one attached hydrogen (secondary N) is 1. The van der Waals surface area contributed by atoms with Gasteiger partial charge in [0, 0.05) is 25.3 Å². The highest BCUT2D eigenvalue weighted by Gasteiger charge is 2.08. The number of esters is 1. The van der Waals surface area contributed by atoms with Gasteiger partial charge in [-0.2, -0.15) is 0 Å². The number of rotatable bonds is 9. The van der Waals surface area contributed by atoms with Crippen molar-refractivity contribution >= 4 is 11.7 Å². The Morgan fingerprint density at radius 3 is 2.74 bits per heavy atom. The van der Waals surface area contributed by atoms with Crippen molar-refractivity contribution in [3.05, 3.63) is 30.3 Å². The summed E-state index contributed by atoms with van der Waals surface area (Å²) in [5.74, 6) is -0.165. The zero-order valence-corrected chi connectivity index (χ0v) is 11.7. The Kier molecular flexibility index (Phi) is 7.66. The normalized spacial score (nSPS) is 11.9. The molecule has 0 saturated carbocycles. The van der Waals surface area contributed by atoms with Crippen molar-refractivity contribution in [1.29, 1.82) is 0 Å². The Morgan fingerprint density at radius 1 is 1.32 bits per heavy atom. The van der Waals surface area contributed by atoms with Crippen LogP contribution in [0.15, 0.2) is 30.3 Å². The van der Waals surface area contributed by atoms with Crippen LogP contribution in [0.3, 0.4) is 0 Å². The Bertz CT molecular complexity index is 354. The quantitative estimate of drug-likeness (QED) is 0.551. The summed E-state index contributed by atoms with van der Waals surface area (Å²) in [6, 6.07) is 9.94. The Hall–Kier alpha value is -1.55. The van der Waals surface area contributed by atoms with Crippen molar-refractivity contribution in [2.24, 2.45) is 0 Å². The lowest BCUT2D eigenvalue weighted by Crippen LogP contribution is -2.20. The van der Waals surface area contributed by atoms with E-state index >= 15 is 0 Å². The summed E-state index contributed by atoms with van der Waals surface area (Å²) < 4.78 is 10.4. The number of hydrogen-bond acceptors (Lipinski definition) is 4. The lowest BCUT2D eigenvalue weighted by molar-refractivity contribution is -0.151. The van der Waals surface area contributed by atoms with Crippen LogP contribution in [0.5, 0.6) is 0 Å². The van der Waals surface area contributed by atoms with Crippen molar-refractivity contribution in [2.75, 3.05) is 25.1 Å². The first kappa shape index (κ1) is 15.5. The van der Waals surface area contributed by atoms with Crippen molar-refractivity contribution in [2.45, 2.75) is 32.8 Å². The molecule has 0 aromatic heterocycles. The van der Waals surface area contributed by atoms with Gasteiger partial charge in [0.15, 0.2) is 0 Å². The number of para-hydroxylation sites is 1. The molecule has 0 spiro atoms. The fraction of sp³-hybridized carbons (Fsp3) is 0.533. The molecule has 1 atom stereocenters. The number of hydrogen-bond donors (Lipinski definition) is 1. The second-order valence-electron chi connectivity index (χ2n) is 4.36. The highest BCUT2D eigenvalue weighted by atomic mass is 16.6. The van der Waals surface area contributed by atoms with Gasteiger partial charge in [0.1, 0.15) is 6.10 Å². The van der Waals surface area contributed by atoms with Gasteiger partial charge in [-0.15, -0.1) is 0 Å². The maximum atomic E-state index is 11.5. The molecule has 4 nitrogen and oxygen atoms in total. The molecule has 0 aliphatic carbocycles. The summed E-state index contributed by atoms with van der Waals surface area (Å²) in [6.07, 6.45) is 1.01. The number of anilines is 1. The number of carbonyl (C=O) groups is 1. The van der Waals surface area contributed by atoms with Gasteiger partial charge in [0.2, 0.25) is 0 Å². The van der Waals surface area contributed by atoms with Crippen LogP contribution in [0.4, 0.5) is 5.69 Å². The van der Waals surface area contributed by atoms with E-state index in [-0.39, 0.29) is 12.1 Å². The molecule has 1 N–H and O–H groups in total.